The van der Waals surface area contributed by atoms with Crippen LogP contribution in [-0.4, -0.2) is 96.4 Å². The SMILES string of the molecule is CCCSc1nc(N(C(=O)OC(C)(C)C)[C@@H]2C[C@H]2c2ccc(F)c(F)c2)c2nnn([C@@H]3C[C@H](COC(c4ccccc4)(c4ccc(OC)cc4)c4ccc(OC)cc4)O[C@H]3CO[Si](c3ccccc3)(c3ccccc3)C(C)(C)C)c2n1. The number of hydrogen-bond acceptors (Lipinski definition) is 12. The first-order chi connectivity index (χ1) is 39.0. The Bertz CT molecular complexity index is 3340. The van der Waals surface area contributed by atoms with E-state index in [0.29, 0.717) is 46.5 Å². The normalized spacial score (nSPS) is 18.4. The summed E-state index contributed by atoms with van der Waals surface area (Å²) in [7, 11) is 0.159. The zero-order chi connectivity index (χ0) is 57.1. The Morgan fingerprint density at radius 3 is 1.85 bits per heavy atom. The van der Waals surface area contributed by atoms with E-state index in [4.69, 9.17) is 48.4 Å². The van der Waals surface area contributed by atoms with E-state index in [1.807, 2.05) is 78.9 Å². The number of thioether (sulfide) groups is 1. The minimum absolute atomic E-state index is 0.128. The first-order valence-electron chi connectivity index (χ1n) is 27.6. The van der Waals surface area contributed by atoms with E-state index in [9.17, 15) is 13.6 Å². The standard InChI is InChI=1S/C64H70F2N6O7SSi/c1-10-36-80-60-67-58(71(61(73)79-62(2,3)4)54-39-51(54)42-26-35-52(65)53(66)37-42)57-59(68-60)72(70-69-57)55-38-48(78-56(55)41-77-81(63(5,6)7,49-22-16-12-17-23-49)50-24-18-13-19-25-50)40-76-64(43-20-14-11-15-21-43,44-27-31-46(74-8)32-28-44)45-29-33-47(75-9)34-30-45/h11-35,37,48,51,54-56H,10,36,38-41H2,1-9H3/t48-,51+,54-,55-,56+/m1/s1. The summed E-state index contributed by atoms with van der Waals surface area (Å²) >= 11 is 1.45. The summed E-state index contributed by atoms with van der Waals surface area (Å²) in [6.07, 6.45) is -0.153. The van der Waals surface area contributed by atoms with Crippen molar-refractivity contribution in [2.75, 3.05) is 38.1 Å². The van der Waals surface area contributed by atoms with Gasteiger partial charge in [0.05, 0.1) is 39.6 Å². The van der Waals surface area contributed by atoms with Gasteiger partial charge in [0.1, 0.15) is 28.8 Å². The number of rotatable bonds is 20. The van der Waals surface area contributed by atoms with Crippen LogP contribution in [-0.2, 0) is 24.2 Å². The molecule has 2 aliphatic rings. The first kappa shape index (κ1) is 57.2. The van der Waals surface area contributed by atoms with Gasteiger partial charge < -0.3 is 28.1 Å². The monoisotopic (exact) mass is 1130 g/mol. The van der Waals surface area contributed by atoms with Crippen LogP contribution in [0.15, 0.2) is 163 Å². The van der Waals surface area contributed by atoms with E-state index in [1.165, 1.54) is 22.7 Å². The van der Waals surface area contributed by atoms with Gasteiger partial charge in [-0.1, -0.05) is 166 Å². The lowest BCUT2D eigenvalue weighted by atomic mass is 9.80. The van der Waals surface area contributed by atoms with E-state index in [1.54, 1.807) is 45.7 Å². The highest BCUT2D eigenvalue weighted by Gasteiger charge is 2.53. The number of halogens is 2. The maximum Gasteiger partial charge on any atom is 0.416 e. The fourth-order valence-electron chi connectivity index (χ4n) is 11.3. The Kier molecular flexibility index (Phi) is 16.8. The van der Waals surface area contributed by atoms with Crippen LogP contribution in [0.4, 0.5) is 19.4 Å². The molecule has 2 aromatic heterocycles. The highest BCUT2D eigenvalue weighted by molar-refractivity contribution is 7.99. The van der Waals surface area contributed by atoms with Crippen LogP contribution in [0.25, 0.3) is 11.2 Å². The van der Waals surface area contributed by atoms with Crippen molar-refractivity contribution in [3.63, 3.8) is 0 Å². The maximum absolute atomic E-state index is 14.8. The fourth-order valence-corrected chi connectivity index (χ4v) is 16.6. The van der Waals surface area contributed by atoms with Crippen LogP contribution in [0.1, 0.15) is 102 Å². The molecule has 10 rings (SSSR count). The summed E-state index contributed by atoms with van der Waals surface area (Å²) in [5.74, 6) is 0.0573. The molecule has 0 bridgehead atoms. The van der Waals surface area contributed by atoms with Gasteiger partial charge in [0.15, 0.2) is 33.8 Å². The molecule has 13 nitrogen and oxygen atoms in total. The average Bonchev–Trinajstić information content (AvgIpc) is 3.78. The molecule has 6 aromatic carbocycles. The molecule has 1 amide bonds. The summed E-state index contributed by atoms with van der Waals surface area (Å²) in [6.45, 7) is 14.5. The van der Waals surface area contributed by atoms with E-state index in [0.717, 1.165) is 39.6 Å². The molecule has 1 saturated heterocycles. The topological polar surface area (TPSA) is 132 Å². The predicted octanol–water partition coefficient (Wildman–Crippen LogP) is 12.6. The van der Waals surface area contributed by atoms with Crippen molar-refractivity contribution in [3.05, 3.63) is 192 Å². The minimum atomic E-state index is -3.14. The number of carbonyl (C=O) groups excluding carboxylic acids is 1. The third-order valence-electron chi connectivity index (χ3n) is 15.2. The maximum atomic E-state index is 14.8. The van der Waals surface area contributed by atoms with E-state index >= 15 is 0 Å². The Morgan fingerprint density at radius 1 is 0.728 bits per heavy atom. The molecule has 0 unspecified atom stereocenters. The lowest BCUT2D eigenvalue weighted by molar-refractivity contribution is -0.0703. The zero-order valence-electron chi connectivity index (χ0n) is 47.3. The molecule has 17 heteroatoms. The Morgan fingerprint density at radius 2 is 1.31 bits per heavy atom. The van der Waals surface area contributed by atoms with Gasteiger partial charge in [-0.2, -0.15) is 0 Å². The van der Waals surface area contributed by atoms with Crippen LogP contribution in [0.5, 0.6) is 11.5 Å². The number of benzene rings is 6. The second-order valence-corrected chi connectivity index (χ2v) is 28.1. The van der Waals surface area contributed by atoms with Gasteiger partial charge in [0.2, 0.25) is 0 Å². The summed E-state index contributed by atoms with van der Waals surface area (Å²) < 4.78 is 70.8. The van der Waals surface area contributed by atoms with Crippen molar-refractivity contribution in [3.8, 4) is 11.5 Å². The number of hydrogen-bond donors (Lipinski definition) is 0. The summed E-state index contributed by atoms with van der Waals surface area (Å²) in [6, 6.07) is 49.8. The van der Waals surface area contributed by atoms with Crippen molar-refractivity contribution < 1.29 is 41.7 Å². The fraction of sp³-hybridized carbons (Fsp3) is 0.359. The van der Waals surface area contributed by atoms with Crippen molar-refractivity contribution in [1.29, 1.82) is 0 Å². The van der Waals surface area contributed by atoms with Gasteiger partial charge >= 0.3 is 6.09 Å². The van der Waals surface area contributed by atoms with Crippen LogP contribution in [0.3, 0.4) is 0 Å². The molecule has 8 aromatic rings. The van der Waals surface area contributed by atoms with Crippen LogP contribution in [0.2, 0.25) is 5.04 Å². The number of methoxy groups -OCH3 is 2. The smallest absolute Gasteiger partial charge is 0.416 e. The average molecular weight is 1130 g/mol. The van der Waals surface area contributed by atoms with Crippen LogP contribution in [0, 0.1) is 11.6 Å². The molecular weight excluding hydrogens is 1060 g/mol. The third kappa shape index (κ3) is 11.7. The van der Waals surface area contributed by atoms with Crippen molar-refractivity contribution >= 4 is 53.5 Å². The number of aromatic nitrogens is 5. The number of nitrogens with zero attached hydrogens (tertiary/aromatic N) is 6. The molecule has 0 N–H and O–H groups in total. The molecule has 0 radical (unpaired) electrons. The third-order valence-corrected chi connectivity index (χ3v) is 21.2. The molecule has 2 fully saturated rings. The van der Waals surface area contributed by atoms with Gasteiger partial charge in [-0.15, -0.1) is 5.10 Å². The Labute approximate surface area is 478 Å². The number of ether oxygens (including phenoxy) is 5. The summed E-state index contributed by atoms with van der Waals surface area (Å²) in [5.41, 5.74) is 1.84. The molecule has 1 saturated carbocycles. The van der Waals surface area contributed by atoms with Crippen molar-refractivity contribution in [1.82, 2.24) is 25.0 Å². The molecule has 3 heterocycles. The van der Waals surface area contributed by atoms with Gasteiger partial charge in [0, 0.05) is 24.1 Å². The molecule has 5 atom stereocenters. The molecule has 422 valence electrons. The number of amides is 1. The van der Waals surface area contributed by atoms with Crippen molar-refractivity contribution in [2.24, 2.45) is 0 Å². The number of carbonyl (C=O) groups is 1. The highest BCUT2D eigenvalue weighted by Crippen LogP contribution is 2.49. The quantitative estimate of drug-likeness (QED) is 0.0311. The van der Waals surface area contributed by atoms with Crippen LogP contribution < -0.4 is 24.7 Å². The zero-order valence-corrected chi connectivity index (χ0v) is 49.2. The van der Waals surface area contributed by atoms with Gasteiger partial charge in [0.25, 0.3) is 8.32 Å². The molecule has 81 heavy (non-hydrogen) atoms. The minimum Gasteiger partial charge on any atom is -0.497 e. The lowest BCUT2D eigenvalue weighted by Gasteiger charge is -2.43. The molecule has 1 aliphatic carbocycles. The second kappa shape index (κ2) is 23.8. The van der Waals surface area contributed by atoms with E-state index in [2.05, 4.69) is 88.4 Å². The lowest BCUT2D eigenvalue weighted by Crippen LogP contribution is -2.67. The molecule has 1 aliphatic heterocycles. The Hall–Kier alpha value is -7.02. The predicted molar refractivity (Wildman–Crippen MR) is 315 cm³/mol. The summed E-state index contributed by atoms with van der Waals surface area (Å²) in [5, 5.41) is 12.1. The van der Waals surface area contributed by atoms with Crippen LogP contribution >= 0.6 is 11.8 Å². The Balaban J connectivity index is 1.10. The number of anilines is 1. The van der Waals surface area contributed by atoms with E-state index < -0.39 is 61.5 Å². The molecule has 0 spiro atoms. The van der Waals surface area contributed by atoms with Gasteiger partial charge in [-0.3, -0.25) is 4.90 Å². The summed E-state index contributed by atoms with van der Waals surface area (Å²) in [4.78, 5) is 26.4. The molecular formula is C64H70F2N6O7SSi. The highest BCUT2D eigenvalue weighted by atomic mass is 32.2. The van der Waals surface area contributed by atoms with Gasteiger partial charge in [-0.25, -0.2) is 28.2 Å². The van der Waals surface area contributed by atoms with Crippen molar-refractivity contribution in [2.45, 2.75) is 119 Å². The number of fused-ring (bicyclic) bond motifs is 1. The first-order valence-corrected chi connectivity index (χ1v) is 30.5. The van der Waals surface area contributed by atoms with Gasteiger partial charge in [-0.05, 0) is 108 Å². The largest absolute Gasteiger partial charge is 0.497 e. The van der Waals surface area contributed by atoms with E-state index in [-0.39, 0.29) is 35.5 Å². The second-order valence-electron chi connectivity index (χ2n) is 22.7.